The van der Waals surface area contributed by atoms with Crippen LogP contribution in [0.15, 0.2) is 42.5 Å². The van der Waals surface area contributed by atoms with Crippen molar-refractivity contribution in [3.05, 3.63) is 48.0 Å². The summed E-state index contributed by atoms with van der Waals surface area (Å²) in [5, 5.41) is 5.50. The third-order valence-corrected chi connectivity index (χ3v) is 4.64. The number of fused-ring (bicyclic) bond motifs is 1. The zero-order valence-corrected chi connectivity index (χ0v) is 15.8. The van der Waals surface area contributed by atoms with Crippen LogP contribution in [0.5, 0.6) is 17.2 Å². The molecule has 1 atom stereocenters. The van der Waals surface area contributed by atoms with E-state index in [2.05, 4.69) is 10.6 Å². The minimum Gasteiger partial charge on any atom is -0.497 e. The molecule has 0 aromatic heterocycles. The summed E-state index contributed by atoms with van der Waals surface area (Å²) in [6, 6.07) is 12.3. The zero-order chi connectivity index (χ0) is 20.2. The maximum atomic E-state index is 12.2. The van der Waals surface area contributed by atoms with E-state index in [1.54, 1.807) is 25.3 Å². The Kier molecular flexibility index (Phi) is 5.28. The van der Waals surface area contributed by atoms with Crippen molar-refractivity contribution in [1.29, 1.82) is 0 Å². The standard InChI is InChI=1S/C20H21N3O6/c1-26-15-5-2-13(3-6-15)9-21-19(24)22-10-16-11-23(20(25)29-16)14-4-7-17-18(8-14)28-12-27-17/h2-8,16H,9-12H2,1H3,(H2,21,22,24)/t16-/m0/s1. The predicted molar refractivity (Wildman–Crippen MR) is 103 cm³/mol. The second kappa shape index (κ2) is 8.17. The average Bonchev–Trinajstić information content (AvgIpc) is 3.36. The Hall–Kier alpha value is -3.62. The molecule has 4 rings (SSSR count). The van der Waals surface area contributed by atoms with E-state index in [1.165, 1.54) is 4.90 Å². The van der Waals surface area contributed by atoms with Crippen LogP contribution in [-0.2, 0) is 11.3 Å². The van der Waals surface area contributed by atoms with Gasteiger partial charge in [-0.05, 0) is 29.8 Å². The number of ether oxygens (including phenoxy) is 4. The van der Waals surface area contributed by atoms with Crippen molar-refractivity contribution >= 4 is 17.8 Å². The summed E-state index contributed by atoms with van der Waals surface area (Å²) in [7, 11) is 1.60. The second-order valence-corrected chi connectivity index (χ2v) is 6.57. The fraction of sp³-hybridized carbons (Fsp3) is 0.300. The molecule has 2 aromatic carbocycles. The normalized spacial score (nSPS) is 17.1. The number of rotatable bonds is 6. The molecular weight excluding hydrogens is 378 g/mol. The van der Waals surface area contributed by atoms with Gasteiger partial charge in [0.25, 0.3) is 0 Å². The van der Waals surface area contributed by atoms with Crippen LogP contribution >= 0.6 is 0 Å². The van der Waals surface area contributed by atoms with Gasteiger partial charge in [-0.15, -0.1) is 0 Å². The number of urea groups is 1. The number of amides is 3. The van der Waals surface area contributed by atoms with Crippen LogP contribution in [0.25, 0.3) is 0 Å². The topological polar surface area (TPSA) is 98.4 Å². The quantitative estimate of drug-likeness (QED) is 0.773. The Morgan fingerprint density at radius 2 is 1.93 bits per heavy atom. The fourth-order valence-electron chi connectivity index (χ4n) is 3.09. The molecule has 9 heteroatoms. The third kappa shape index (κ3) is 4.29. The summed E-state index contributed by atoms with van der Waals surface area (Å²) in [4.78, 5) is 25.7. The Morgan fingerprint density at radius 1 is 1.14 bits per heavy atom. The molecule has 9 nitrogen and oxygen atoms in total. The average molecular weight is 399 g/mol. The molecule has 2 N–H and O–H groups in total. The lowest BCUT2D eigenvalue weighted by Crippen LogP contribution is -2.40. The van der Waals surface area contributed by atoms with Gasteiger partial charge in [-0.25, -0.2) is 9.59 Å². The molecule has 0 spiro atoms. The van der Waals surface area contributed by atoms with Crippen molar-refractivity contribution in [2.75, 3.05) is 31.9 Å². The van der Waals surface area contributed by atoms with Crippen molar-refractivity contribution < 1.29 is 28.5 Å². The van der Waals surface area contributed by atoms with Gasteiger partial charge in [0, 0.05) is 12.6 Å². The Morgan fingerprint density at radius 3 is 2.72 bits per heavy atom. The van der Waals surface area contributed by atoms with Crippen LogP contribution in [0.3, 0.4) is 0 Å². The molecular formula is C20H21N3O6. The number of nitrogens with zero attached hydrogens (tertiary/aromatic N) is 1. The monoisotopic (exact) mass is 399 g/mol. The van der Waals surface area contributed by atoms with E-state index in [1.807, 2.05) is 24.3 Å². The van der Waals surface area contributed by atoms with Crippen LogP contribution in [0.4, 0.5) is 15.3 Å². The molecule has 2 aromatic rings. The van der Waals surface area contributed by atoms with Crippen molar-refractivity contribution in [1.82, 2.24) is 10.6 Å². The van der Waals surface area contributed by atoms with Crippen LogP contribution in [0.1, 0.15) is 5.56 Å². The Bertz CT molecular complexity index is 902. The summed E-state index contributed by atoms with van der Waals surface area (Å²) in [5.41, 5.74) is 1.60. The van der Waals surface area contributed by atoms with Gasteiger partial charge in [0.2, 0.25) is 6.79 Å². The van der Waals surface area contributed by atoms with E-state index in [9.17, 15) is 9.59 Å². The molecule has 2 aliphatic heterocycles. The first kappa shape index (κ1) is 18.7. The van der Waals surface area contributed by atoms with E-state index in [0.717, 1.165) is 11.3 Å². The Balaban J connectivity index is 1.25. The van der Waals surface area contributed by atoms with Gasteiger partial charge < -0.3 is 29.6 Å². The molecule has 0 unspecified atom stereocenters. The molecule has 0 radical (unpaired) electrons. The maximum absolute atomic E-state index is 12.2. The van der Waals surface area contributed by atoms with Gasteiger partial charge in [-0.3, -0.25) is 4.90 Å². The van der Waals surface area contributed by atoms with Gasteiger partial charge >= 0.3 is 12.1 Å². The summed E-state index contributed by atoms with van der Waals surface area (Å²) < 4.78 is 21.1. The number of hydrogen-bond donors (Lipinski definition) is 2. The second-order valence-electron chi connectivity index (χ2n) is 6.57. The highest BCUT2D eigenvalue weighted by molar-refractivity contribution is 5.90. The maximum Gasteiger partial charge on any atom is 0.414 e. The molecule has 0 aliphatic carbocycles. The molecule has 152 valence electrons. The van der Waals surface area contributed by atoms with Gasteiger partial charge in [0.15, 0.2) is 11.5 Å². The van der Waals surface area contributed by atoms with Crippen molar-refractivity contribution in [3.63, 3.8) is 0 Å². The van der Waals surface area contributed by atoms with E-state index >= 15 is 0 Å². The minimum atomic E-state index is -0.464. The van der Waals surface area contributed by atoms with Gasteiger partial charge in [0.05, 0.1) is 25.9 Å². The number of carbonyl (C=O) groups is 2. The zero-order valence-electron chi connectivity index (χ0n) is 15.8. The number of benzene rings is 2. The van der Waals surface area contributed by atoms with Crippen molar-refractivity contribution in [3.8, 4) is 17.2 Å². The first-order valence-electron chi connectivity index (χ1n) is 9.15. The lowest BCUT2D eigenvalue weighted by Gasteiger charge is -2.14. The third-order valence-electron chi connectivity index (χ3n) is 4.64. The van der Waals surface area contributed by atoms with Gasteiger partial charge in [0.1, 0.15) is 11.9 Å². The number of hydrogen-bond acceptors (Lipinski definition) is 6. The molecule has 1 saturated heterocycles. The van der Waals surface area contributed by atoms with Crippen LogP contribution < -0.4 is 29.7 Å². The lowest BCUT2D eigenvalue weighted by atomic mass is 10.2. The Labute approximate surface area is 167 Å². The van der Waals surface area contributed by atoms with Crippen molar-refractivity contribution in [2.45, 2.75) is 12.6 Å². The number of carbonyl (C=O) groups excluding carboxylic acids is 2. The molecule has 0 saturated carbocycles. The highest BCUT2D eigenvalue weighted by Gasteiger charge is 2.33. The van der Waals surface area contributed by atoms with E-state index in [4.69, 9.17) is 18.9 Å². The molecule has 2 heterocycles. The van der Waals surface area contributed by atoms with Crippen molar-refractivity contribution in [2.24, 2.45) is 0 Å². The van der Waals surface area contributed by atoms with E-state index in [-0.39, 0.29) is 19.4 Å². The fourth-order valence-corrected chi connectivity index (χ4v) is 3.09. The number of nitrogens with one attached hydrogen (secondary N) is 2. The number of anilines is 1. The summed E-state index contributed by atoms with van der Waals surface area (Å²) in [6.07, 6.45) is -0.908. The largest absolute Gasteiger partial charge is 0.497 e. The smallest absolute Gasteiger partial charge is 0.414 e. The molecule has 29 heavy (non-hydrogen) atoms. The molecule has 2 aliphatic rings. The summed E-state index contributed by atoms with van der Waals surface area (Å²) >= 11 is 0. The van der Waals surface area contributed by atoms with Gasteiger partial charge in [-0.2, -0.15) is 0 Å². The lowest BCUT2D eigenvalue weighted by molar-refractivity contribution is 0.140. The number of methoxy groups -OCH3 is 1. The molecule has 1 fully saturated rings. The van der Waals surface area contributed by atoms with Crippen LogP contribution in [0.2, 0.25) is 0 Å². The van der Waals surface area contributed by atoms with E-state index in [0.29, 0.717) is 30.3 Å². The van der Waals surface area contributed by atoms with Crippen LogP contribution in [0, 0.1) is 0 Å². The minimum absolute atomic E-state index is 0.168. The SMILES string of the molecule is COc1ccc(CNC(=O)NC[C@H]2CN(c3ccc4c(c3)OCO4)C(=O)O2)cc1. The molecule has 0 bridgehead atoms. The summed E-state index contributed by atoms with van der Waals surface area (Å²) in [5.74, 6) is 2.00. The van der Waals surface area contributed by atoms with Crippen LogP contribution in [-0.4, -0.2) is 45.2 Å². The predicted octanol–water partition coefficient (Wildman–Crippen LogP) is 2.25. The highest BCUT2D eigenvalue weighted by Crippen LogP contribution is 2.36. The summed E-state index contributed by atoms with van der Waals surface area (Å²) in [6.45, 7) is 1.09. The number of cyclic esters (lactones) is 1. The van der Waals surface area contributed by atoms with E-state index < -0.39 is 12.2 Å². The highest BCUT2D eigenvalue weighted by atomic mass is 16.7. The first-order chi connectivity index (χ1) is 14.1. The first-order valence-corrected chi connectivity index (χ1v) is 9.15. The molecule has 3 amide bonds. The van der Waals surface area contributed by atoms with Gasteiger partial charge in [-0.1, -0.05) is 12.1 Å².